The van der Waals surface area contributed by atoms with Crippen molar-refractivity contribution in [2.75, 3.05) is 13.2 Å². The molecule has 0 aromatic heterocycles. The van der Waals surface area contributed by atoms with Crippen molar-refractivity contribution in [2.45, 2.75) is 72.8 Å². The third-order valence-electron chi connectivity index (χ3n) is 6.31. The first-order valence-corrected chi connectivity index (χ1v) is 13.4. The molecule has 0 amide bonds. The average molecular weight is 505 g/mol. The summed E-state index contributed by atoms with van der Waals surface area (Å²) in [6.07, 6.45) is 3.55. The van der Waals surface area contributed by atoms with Crippen molar-refractivity contribution in [1.82, 2.24) is 0 Å². The van der Waals surface area contributed by atoms with E-state index in [9.17, 15) is 4.79 Å². The second-order valence-corrected chi connectivity index (χ2v) is 9.16. The Labute approximate surface area is 221 Å². The van der Waals surface area contributed by atoms with E-state index in [4.69, 9.17) is 18.9 Å². The first kappa shape index (κ1) is 28.1. The van der Waals surface area contributed by atoms with E-state index in [1.807, 2.05) is 57.2 Å². The second kappa shape index (κ2) is 14.3. The predicted octanol–water partition coefficient (Wildman–Crippen LogP) is 7.64. The van der Waals surface area contributed by atoms with Gasteiger partial charge in [0.15, 0.2) is 11.5 Å². The molecular weight excluding hydrogens is 464 g/mol. The van der Waals surface area contributed by atoms with Crippen LogP contribution in [-0.4, -0.2) is 25.3 Å². The van der Waals surface area contributed by atoms with E-state index in [-0.39, 0.29) is 12.1 Å². The summed E-state index contributed by atoms with van der Waals surface area (Å²) in [7, 11) is 0. The standard InChI is InChI=1S/C32H40O5/c1-6-25-13-17-30(31(21-25)37-29-12-10-9-11-23(29)4)36-24(5)19-20-35-28-16-14-27(26(7-2)22-28)15-18-32(33)34-8-3/h9-14,16-17,21-22,24H,6-8,15,18-20H2,1-5H3/t24-/m0/s1. The van der Waals surface area contributed by atoms with Crippen molar-refractivity contribution in [1.29, 1.82) is 0 Å². The molecule has 0 unspecified atom stereocenters. The predicted molar refractivity (Wildman–Crippen MR) is 148 cm³/mol. The molecule has 0 fully saturated rings. The van der Waals surface area contributed by atoms with E-state index in [1.54, 1.807) is 0 Å². The van der Waals surface area contributed by atoms with E-state index in [2.05, 4.69) is 38.1 Å². The molecule has 0 radical (unpaired) electrons. The van der Waals surface area contributed by atoms with Gasteiger partial charge >= 0.3 is 5.97 Å². The minimum atomic E-state index is -0.157. The van der Waals surface area contributed by atoms with Crippen molar-refractivity contribution in [3.63, 3.8) is 0 Å². The minimum Gasteiger partial charge on any atom is -0.493 e. The Hall–Kier alpha value is -3.47. The maximum Gasteiger partial charge on any atom is 0.306 e. The topological polar surface area (TPSA) is 54.0 Å². The minimum absolute atomic E-state index is 0.0545. The summed E-state index contributed by atoms with van der Waals surface area (Å²) >= 11 is 0. The summed E-state index contributed by atoms with van der Waals surface area (Å²) in [6, 6.07) is 20.2. The van der Waals surface area contributed by atoms with Crippen LogP contribution in [0.5, 0.6) is 23.0 Å². The molecule has 0 aliphatic heterocycles. The number of benzene rings is 3. The molecule has 1 atom stereocenters. The summed E-state index contributed by atoms with van der Waals surface area (Å²) < 4.78 is 23.6. The van der Waals surface area contributed by atoms with Crippen LogP contribution in [0.3, 0.4) is 0 Å². The zero-order valence-corrected chi connectivity index (χ0v) is 22.8. The van der Waals surface area contributed by atoms with Gasteiger partial charge in [0.25, 0.3) is 0 Å². The Morgan fingerprint density at radius 1 is 0.865 bits per heavy atom. The second-order valence-electron chi connectivity index (χ2n) is 9.16. The SMILES string of the molecule is CCOC(=O)CCc1ccc(OCC[C@H](C)Oc2ccc(CC)cc2Oc2ccccc2C)cc1CC. The van der Waals surface area contributed by atoms with Crippen molar-refractivity contribution < 1.29 is 23.7 Å². The summed E-state index contributed by atoms with van der Waals surface area (Å²) in [5, 5.41) is 0. The van der Waals surface area contributed by atoms with Crippen molar-refractivity contribution in [2.24, 2.45) is 0 Å². The summed E-state index contributed by atoms with van der Waals surface area (Å²) in [4.78, 5) is 11.7. The molecule has 3 rings (SSSR count). The molecule has 198 valence electrons. The number of hydrogen-bond acceptors (Lipinski definition) is 5. The number of rotatable bonds is 14. The molecule has 0 N–H and O–H groups in total. The first-order chi connectivity index (χ1) is 17.9. The molecular formula is C32H40O5. The molecule has 0 saturated carbocycles. The molecule has 0 saturated heterocycles. The Morgan fingerprint density at radius 2 is 1.68 bits per heavy atom. The summed E-state index contributed by atoms with van der Waals surface area (Å²) in [6.45, 7) is 11.1. The molecule has 5 heteroatoms. The maximum absolute atomic E-state index is 11.7. The van der Waals surface area contributed by atoms with Gasteiger partial charge in [-0.1, -0.05) is 44.2 Å². The van der Waals surface area contributed by atoms with E-state index in [0.717, 1.165) is 53.4 Å². The smallest absolute Gasteiger partial charge is 0.306 e. The third-order valence-corrected chi connectivity index (χ3v) is 6.31. The van der Waals surface area contributed by atoms with Crippen LogP contribution in [0.2, 0.25) is 0 Å². The fraction of sp³-hybridized carbons (Fsp3) is 0.406. The Morgan fingerprint density at radius 3 is 2.41 bits per heavy atom. The van der Waals surface area contributed by atoms with Crippen LogP contribution < -0.4 is 14.2 Å². The lowest BCUT2D eigenvalue weighted by Crippen LogP contribution is -2.16. The molecule has 0 heterocycles. The molecule has 5 nitrogen and oxygen atoms in total. The van der Waals surface area contributed by atoms with E-state index >= 15 is 0 Å². The summed E-state index contributed by atoms with van der Waals surface area (Å²) in [5.74, 6) is 2.96. The van der Waals surface area contributed by atoms with E-state index in [1.165, 1.54) is 11.1 Å². The monoisotopic (exact) mass is 504 g/mol. The van der Waals surface area contributed by atoms with Gasteiger partial charge < -0.3 is 18.9 Å². The van der Waals surface area contributed by atoms with Gasteiger partial charge in [0.05, 0.1) is 19.3 Å². The number of aryl methyl sites for hydroxylation is 4. The van der Waals surface area contributed by atoms with Gasteiger partial charge in [-0.3, -0.25) is 4.79 Å². The van der Waals surface area contributed by atoms with Gasteiger partial charge in [-0.15, -0.1) is 0 Å². The zero-order chi connectivity index (χ0) is 26.6. The number of ether oxygens (including phenoxy) is 4. The number of hydrogen-bond donors (Lipinski definition) is 0. The van der Waals surface area contributed by atoms with Crippen LogP contribution in [0.4, 0.5) is 0 Å². The van der Waals surface area contributed by atoms with Crippen molar-refractivity contribution in [3.05, 3.63) is 82.9 Å². The third kappa shape index (κ3) is 8.56. The summed E-state index contributed by atoms with van der Waals surface area (Å²) in [5.41, 5.74) is 4.64. The molecule has 0 aliphatic carbocycles. The highest BCUT2D eigenvalue weighted by atomic mass is 16.5. The van der Waals surface area contributed by atoms with Crippen LogP contribution in [-0.2, 0) is 28.8 Å². The Kier molecular flexibility index (Phi) is 10.9. The number of carbonyl (C=O) groups excluding carboxylic acids is 1. The van der Waals surface area contributed by atoms with Gasteiger partial charge in [-0.2, -0.15) is 0 Å². The Bertz CT molecular complexity index is 1150. The van der Waals surface area contributed by atoms with Gasteiger partial charge in [-0.25, -0.2) is 0 Å². The quantitative estimate of drug-likeness (QED) is 0.211. The fourth-order valence-corrected chi connectivity index (χ4v) is 4.09. The van der Waals surface area contributed by atoms with Gasteiger partial charge in [0, 0.05) is 12.8 Å². The molecule has 0 bridgehead atoms. The molecule has 0 spiro atoms. The van der Waals surface area contributed by atoms with Crippen LogP contribution in [0.25, 0.3) is 0 Å². The molecule has 0 aliphatic rings. The lowest BCUT2D eigenvalue weighted by atomic mass is 10.0. The normalized spacial score (nSPS) is 11.6. The maximum atomic E-state index is 11.7. The average Bonchev–Trinajstić information content (AvgIpc) is 2.90. The Balaban J connectivity index is 1.57. The van der Waals surface area contributed by atoms with Gasteiger partial charge in [-0.05, 0) is 92.6 Å². The fourth-order valence-electron chi connectivity index (χ4n) is 4.09. The first-order valence-electron chi connectivity index (χ1n) is 13.4. The van der Waals surface area contributed by atoms with Crippen LogP contribution in [0.1, 0.15) is 62.8 Å². The van der Waals surface area contributed by atoms with E-state index < -0.39 is 0 Å². The van der Waals surface area contributed by atoms with Crippen LogP contribution >= 0.6 is 0 Å². The van der Waals surface area contributed by atoms with Crippen molar-refractivity contribution in [3.8, 4) is 23.0 Å². The number of esters is 1. The zero-order valence-electron chi connectivity index (χ0n) is 22.8. The molecule has 3 aromatic carbocycles. The van der Waals surface area contributed by atoms with Crippen LogP contribution in [0, 0.1) is 6.92 Å². The highest BCUT2D eigenvalue weighted by Gasteiger charge is 2.13. The molecule has 3 aromatic rings. The van der Waals surface area contributed by atoms with E-state index in [0.29, 0.717) is 26.1 Å². The number of carbonyl (C=O) groups is 1. The van der Waals surface area contributed by atoms with Gasteiger partial charge in [0.1, 0.15) is 11.5 Å². The number of para-hydroxylation sites is 1. The lowest BCUT2D eigenvalue weighted by Gasteiger charge is -2.19. The van der Waals surface area contributed by atoms with Gasteiger partial charge in [0.2, 0.25) is 0 Å². The largest absolute Gasteiger partial charge is 0.493 e. The lowest BCUT2D eigenvalue weighted by molar-refractivity contribution is -0.143. The highest BCUT2D eigenvalue weighted by molar-refractivity contribution is 5.69. The molecule has 37 heavy (non-hydrogen) atoms. The highest BCUT2D eigenvalue weighted by Crippen LogP contribution is 2.35. The van der Waals surface area contributed by atoms with Crippen molar-refractivity contribution >= 4 is 5.97 Å². The van der Waals surface area contributed by atoms with Crippen LogP contribution in [0.15, 0.2) is 60.7 Å².